The van der Waals surface area contributed by atoms with Crippen LogP contribution in [0.15, 0.2) is 5.16 Å². The lowest BCUT2D eigenvalue weighted by molar-refractivity contribution is -0.159. The maximum Gasteiger partial charge on any atom is 0.414 e. The van der Waals surface area contributed by atoms with Crippen molar-refractivity contribution in [2.75, 3.05) is 27.2 Å². The summed E-state index contributed by atoms with van der Waals surface area (Å²) in [4.78, 5) is 39.1. The van der Waals surface area contributed by atoms with E-state index in [9.17, 15) is 9.90 Å². The van der Waals surface area contributed by atoms with Crippen LogP contribution in [-0.2, 0) is 19.2 Å². The van der Waals surface area contributed by atoms with Gasteiger partial charge in [0.05, 0.1) is 6.10 Å². The zero-order valence-electron chi connectivity index (χ0n) is 21.9. The van der Waals surface area contributed by atoms with Crippen molar-refractivity contribution in [1.82, 2.24) is 4.90 Å². The highest BCUT2D eigenvalue weighted by molar-refractivity contribution is 6.27. The maximum absolute atomic E-state index is 13.4. The van der Waals surface area contributed by atoms with E-state index in [1.807, 2.05) is 20.3 Å². The van der Waals surface area contributed by atoms with Gasteiger partial charge < -0.3 is 25.1 Å². The van der Waals surface area contributed by atoms with Crippen molar-refractivity contribution in [3.63, 3.8) is 0 Å². The number of fused-ring (bicyclic) bond motifs is 3. The average molecular weight is 497 g/mol. The Balaban J connectivity index is 0.000000641. The summed E-state index contributed by atoms with van der Waals surface area (Å²) in [6, 6.07) is 0. The lowest BCUT2D eigenvalue weighted by atomic mass is 9.45. The summed E-state index contributed by atoms with van der Waals surface area (Å²) in [6.07, 6.45) is 9.59. The van der Waals surface area contributed by atoms with Crippen molar-refractivity contribution in [3.8, 4) is 0 Å². The Kier molecular flexibility index (Phi) is 10.3. The Bertz CT molecular complexity index is 774. The van der Waals surface area contributed by atoms with Crippen LogP contribution < -0.4 is 0 Å². The highest BCUT2D eigenvalue weighted by Gasteiger charge is 2.57. The predicted molar refractivity (Wildman–Crippen MR) is 132 cm³/mol. The normalized spacial score (nSPS) is 36.7. The molecule has 0 amide bonds. The fourth-order valence-corrected chi connectivity index (χ4v) is 6.73. The number of Topliss-reactive ketones (excluding diaryl/α,β-unsaturated/α-hetero) is 1. The minimum absolute atomic E-state index is 0.0217. The van der Waals surface area contributed by atoms with Crippen LogP contribution in [0.1, 0.15) is 72.1 Å². The van der Waals surface area contributed by atoms with E-state index < -0.39 is 11.9 Å². The van der Waals surface area contributed by atoms with Gasteiger partial charge in [-0.15, -0.1) is 0 Å². The summed E-state index contributed by atoms with van der Waals surface area (Å²) < 4.78 is 0. The quantitative estimate of drug-likeness (QED) is 0.211. The zero-order valence-corrected chi connectivity index (χ0v) is 21.9. The van der Waals surface area contributed by atoms with Crippen LogP contribution in [0, 0.1) is 34.5 Å². The van der Waals surface area contributed by atoms with Gasteiger partial charge in [0.25, 0.3) is 0 Å². The number of ketones is 1. The topological polar surface area (TPSA) is 137 Å². The van der Waals surface area contributed by atoms with Crippen LogP contribution in [0.25, 0.3) is 0 Å². The van der Waals surface area contributed by atoms with E-state index in [4.69, 9.17) is 24.6 Å². The Morgan fingerprint density at radius 2 is 1.83 bits per heavy atom. The third-order valence-corrected chi connectivity index (χ3v) is 8.67. The number of aliphatic hydroxyl groups excluding tert-OH is 1. The van der Waals surface area contributed by atoms with Crippen LogP contribution >= 0.6 is 0 Å². The van der Waals surface area contributed by atoms with Gasteiger partial charge in [0, 0.05) is 30.0 Å². The molecule has 0 aliphatic heterocycles. The molecule has 0 aromatic heterocycles. The number of aliphatic hydroxyl groups is 1. The Morgan fingerprint density at radius 3 is 2.40 bits per heavy atom. The van der Waals surface area contributed by atoms with E-state index in [1.165, 1.54) is 0 Å². The first kappa shape index (κ1) is 29.2. The molecule has 9 nitrogen and oxygen atoms in total. The first-order valence-corrected chi connectivity index (χ1v) is 12.8. The number of carbonyl (C=O) groups excluding carboxylic acids is 1. The van der Waals surface area contributed by atoms with Gasteiger partial charge in [-0.1, -0.05) is 32.3 Å². The molecule has 0 bridgehead atoms. The lowest BCUT2D eigenvalue weighted by Gasteiger charge is -2.58. The van der Waals surface area contributed by atoms with Crippen LogP contribution in [-0.4, -0.2) is 77.5 Å². The molecule has 35 heavy (non-hydrogen) atoms. The Labute approximate surface area is 208 Å². The fourth-order valence-electron chi connectivity index (χ4n) is 6.73. The fraction of sp³-hybridized carbons (Fsp3) is 0.846. The van der Waals surface area contributed by atoms with Crippen LogP contribution in [0.4, 0.5) is 0 Å². The van der Waals surface area contributed by atoms with Crippen LogP contribution in [0.5, 0.6) is 0 Å². The maximum atomic E-state index is 13.4. The van der Waals surface area contributed by atoms with Gasteiger partial charge in [-0.2, -0.15) is 0 Å². The van der Waals surface area contributed by atoms with E-state index in [0.717, 1.165) is 57.9 Å². The summed E-state index contributed by atoms with van der Waals surface area (Å²) in [6.45, 7) is 8.17. The zero-order chi connectivity index (χ0) is 26.4. The van der Waals surface area contributed by atoms with Gasteiger partial charge in [-0.05, 0) is 76.3 Å². The molecule has 3 aliphatic rings. The van der Waals surface area contributed by atoms with Gasteiger partial charge in [0.2, 0.25) is 0 Å². The molecule has 0 radical (unpaired) electrons. The van der Waals surface area contributed by atoms with Crippen molar-refractivity contribution in [2.45, 2.75) is 78.2 Å². The van der Waals surface area contributed by atoms with E-state index in [1.54, 1.807) is 0 Å². The van der Waals surface area contributed by atoms with E-state index >= 15 is 0 Å². The molecule has 3 fully saturated rings. The lowest BCUT2D eigenvalue weighted by Crippen LogP contribution is -2.56. The molecular weight excluding hydrogens is 452 g/mol. The number of oxime groups is 1. The summed E-state index contributed by atoms with van der Waals surface area (Å²) in [5.74, 6) is -1.92. The third kappa shape index (κ3) is 7.03. The number of carboxylic acids is 2. The monoisotopic (exact) mass is 496 g/mol. The van der Waals surface area contributed by atoms with Crippen molar-refractivity contribution in [1.29, 1.82) is 0 Å². The smallest absolute Gasteiger partial charge is 0.414 e. The van der Waals surface area contributed by atoms with Gasteiger partial charge in [0.15, 0.2) is 0 Å². The molecule has 1 unspecified atom stereocenters. The third-order valence-electron chi connectivity index (χ3n) is 8.67. The Hall–Kier alpha value is -2.00. The molecule has 3 saturated carbocycles. The number of hydrogen-bond acceptors (Lipinski definition) is 7. The predicted octanol–water partition coefficient (Wildman–Crippen LogP) is 3.29. The molecule has 200 valence electrons. The highest BCUT2D eigenvalue weighted by Crippen LogP contribution is 2.61. The minimum atomic E-state index is -1.82. The molecule has 0 heterocycles. The van der Waals surface area contributed by atoms with E-state index in [0.29, 0.717) is 24.2 Å². The average Bonchev–Trinajstić information content (AvgIpc) is 2.77. The molecule has 9 heteroatoms. The first-order valence-electron chi connectivity index (χ1n) is 12.8. The molecule has 3 N–H and O–H groups in total. The van der Waals surface area contributed by atoms with Crippen molar-refractivity contribution in [3.05, 3.63) is 0 Å². The first-order chi connectivity index (χ1) is 16.4. The standard InChI is InChI=1S/C24H42N2O3.C2H2O4/c1-6-10-23(2)11-9-20-19(22(23)28)8-7-18-14-21(27)17(15-24(18,20)3)16-25-29-13-12-26(4)5;3-1(4)2(5)6/h16-21,27H,6-15H2,1-5H3;(H,3,4)(H,5,6)/b25-16-;/t17?,18-,19-,20+,21-,23+,24+;/m1./s1. The second kappa shape index (κ2) is 12.3. The SMILES string of the molecule is CCC[C@@]1(C)CC[C@H]2[C@@H](CC[C@@H]3C[C@@H](O)C(/C=N\OCCN(C)C)C[C@@]32C)C1=O.O=C(O)C(=O)O. The second-order valence-corrected chi connectivity index (χ2v) is 11.4. The molecule has 0 saturated heterocycles. The van der Waals surface area contributed by atoms with Crippen LogP contribution in [0.3, 0.4) is 0 Å². The van der Waals surface area contributed by atoms with Crippen molar-refractivity contribution in [2.24, 2.45) is 39.7 Å². The summed E-state index contributed by atoms with van der Waals surface area (Å²) in [7, 11) is 4.02. The number of rotatable bonds is 7. The molecule has 3 aliphatic carbocycles. The summed E-state index contributed by atoms with van der Waals surface area (Å²) in [5.41, 5.74) is 0.000105. The molecular formula is C26H44N2O7. The highest BCUT2D eigenvalue weighted by atomic mass is 16.6. The molecule has 7 atom stereocenters. The number of carboxylic acid groups (broad SMARTS) is 2. The Morgan fingerprint density at radius 1 is 1.17 bits per heavy atom. The van der Waals surface area contributed by atoms with Crippen molar-refractivity contribution >= 4 is 23.9 Å². The van der Waals surface area contributed by atoms with E-state index in [2.05, 4.69) is 30.8 Å². The van der Waals surface area contributed by atoms with Gasteiger partial charge in [-0.3, -0.25) is 4.79 Å². The van der Waals surface area contributed by atoms with Crippen LogP contribution in [0.2, 0.25) is 0 Å². The summed E-state index contributed by atoms with van der Waals surface area (Å²) >= 11 is 0. The summed E-state index contributed by atoms with van der Waals surface area (Å²) in [5, 5.41) is 29.7. The number of likely N-dealkylation sites (N-methyl/N-ethyl adjacent to an activating group) is 1. The van der Waals surface area contributed by atoms with Gasteiger partial charge >= 0.3 is 11.9 Å². The molecule has 3 rings (SSSR count). The molecule has 0 spiro atoms. The molecule has 0 aromatic rings. The van der Waals surface area contributed by atoms with E-state index in [-0.39, 0.29) is 28.8 Å². The number of carbonyl (C=O) groups is 3. The number of hydrogen-bond donors (Lipinski definition) is 3. The second-order valence-electron chi connectivity index (χ2n) is 11.4. The minimum Gasteiger partial charge on any atom is -0.473 e. The van der Waals surface area contributed by atoms with Gasteiger partial charge in [0.1, 0.15) is 12.4 Å². The number of nitrogens with zero attached hydrogens (tertiary/aromatic N) is 2. The van der Waals surface area contributed by atoms with Gasteiger partial charge in [-0.25, -0.2) is 9.59 Å². The van der Waals surface area contributed by atoms with Crippen molar-refractivity contribution < 1.29 is 34.5 Å². The number of aliphatic carboxylic acids is 2. The molecule has 0 aromatic carbocycles. The largest absolute Gasteiger partial charge is 0.473 e.